The van der Waals surface area contributed by atoms with E-state index in [-0.39, 0.29) is 5.92 Å². The monoisotopic (exact) mass is 424 g/mol. The minimum atomic E-state index is -0.562. The second-order valence-corrected chi connectivity index (χ2v) is 9.68. The number of aliphatic carboxylic acids is 1. The van der Waals surface area contributed by atoms with Crippen molar-refractivity contribution in [1.82, 2.24) is 0 Å². The molecule has 180 valence electrons. The van der Waals surface area contributed by atoms with Gasteiger partial charge in [-0.05, 0) is 12.8 Å². The molecule has 0 heterocycles. The van der Waals surface area contributed by atoms with E-state index in [2.05, 4.69) is 13.8 Å². The lowest BCUT2D eigenvalue weighted by atomic mass is 9.94. The third-order valence-corrected chi connectivity index (χ3v) is 6.66. The zero-order valence-corrected chi connectivity index (χ0v) is 20.9. The van der Waals surface area contributed by atoms with Crippen LogP contribution in [-0.4, -0.2) is 11.1 Å². The van der Waals surface area contributed by atoms with Crippen molar-refractivity contribution in [2.45, 2.75) is 168 Å². The van der Waals surface area contributed by atoms with E-state index in [0.29, 0.717) is 0 Å². The molecule has 0 aromatic heterocycles. The summed E-state index contributed by atoms with van der Waals surface area (Å²) in [4.78, 5) is 11.5. The van der Waals surface area contributed by atoms with Gasteiger partial charge in [-0.3, -0.25) is 4.79 Å². The van der Waals surface area contributed by atoms with E-state index in [9.17, 15) is 9.90 Å². The van der Waals surface area contributed by atoms with Crippen LogP contribution in [0, 0.1) is 5.92 Å². The van der Waals surface area contributed by atoms with Gasteiger partial charge in [-0.2, -0.15) is 0 Å². The van der Waals surface area contributed by atoms with Crippen molar-refractivity contribution in [3.63, 3.8) is 0 Å². The Labute approximate surface area is 190 Å². The third-order valence-electron chi connectivity index (χ3n) is 6.66. The van der Waals surface area contributed by atoms with Gasteiger partial charge in [0.1, 0.15) is 0 Å². The molecule has 1 atom stereocenters. The fraction of sp³-hybridized carbons (Fsp3) is 0.964. The van der Waals surface area contributed by atoms with Gasteiger partial charge in [0.2, 0.25) is 0 Å². The van der Waals surface area contributed by atoms with Gasteiger partial charge in [-0.25, -0.2) is 0 Å². The quantitative estimate of drug-likeness (QED) is 0.148. The number of hydrogen-bond acceptors (Lipinski definition) is 1. The predicted octanol–water partition coefficient (Wildman–Crippen LogP) is 10.1. The molecule has 0 radical (unpaired) electrons. The van der Waals surface area contributed by atoms with Crippen LogP contribution in [0.25, 0.3) is 0 Å². The van der Waals surface area contributed by atoms with Crippen molar-refractivity contribution in [1.29, 1.82) is 0 Å². The standard InChI is InChI=1S/C28H56O2/c1-3-5-7-9-11-13-14-15-16-18-20-22-24-26-27(28(29)30)25-23-21-19-17-12-10-8-6-4-2/h27H,3-26H2,1-2H3,(H,29,30). The molecule has 0 aliphatic rings. The van der Waals surface area contributed by atoms with Crippen LogP contribution in [0.2, 0.25) is 0 Å². The lowest BCUT2D eigenvalue weighted by Crippen LogP contribution is -2.13. The van der Waals surface area contributed by atoms with E-state index in [4.69, 9.17) is 0 Å². The maximum Gasteiger partial charge on any atom is 0.306 e. The molecular weight excluding hydrogens is 368 g/mol. The van der Waals surface area contributed by atoms with Gasteiger partial charge >= 0.3 is 5.97 Å². The van der Waals surface area contributed by atoms with Gasteiger partial charge in [-0.15, -0.1) is 0 Å². The van der Waals surface area contributed by atoms with Gasteiger partial charge in [0, 0.05) is 0 Å². The SMILES string of the molecule is CCCCCCCCCCCCCCCC(CCCCCCCCCCC)C(=O)O. The van der Waals surface area contributed by atoms with E-state index < -0.39 is 5.97 Å². The molecule has 30 heavy (non-hydrogen) atoms. The normalized spacial score (nSPS) is 12.3. The van der Waals surface area contributed by atoms with Crippen molar-refractivity contribution in [2.24, 2.45) is 5.92 Å². The molecule has 0 saturated heterocycles. The Hall–Kier alpha value is -0.530. The van der Waals surface area contributed by atoms with Gasteiger partial charge in [0.15, 0.2) is 0 Å². The second-order valence-electron chi connectivity index (χ2n) is 9.68. The Bertz CT molecular complexity index is 340. The minimum Gasteiger partial charge on any atom is -0.481 e. The van der Waals surface area contributed by atoms with Gasteiger partial charge in [-0.1, -0.05) is 155 Å². The van der Waals surface area contributed by atoms with Gasteiger partial charge in [0.05, 0.1) is 5.92 Å². The maximum absolute atomic E-state index is 11.5. The number of carboxylic acid groups (broad SMARTS) is 1. The summed E-state index contributed by atoms with van der Waals surface area (Å²) in [7, 11) is 0. The Morgan fingerprint density at radius 3 is 0.933 bits per heavy atom. The van der Waals surface area contributed by atoms with Gasteiger partial charge in [0.25, 0.3) is 0 Å². The van der Waals surface area contributed by atoms with Crippen LogP contribution >= 0.6 is 0 Å². The molecule has 0 aromatic rings. The highest BCUT2D eigenvalue weighted by Crippen LogP contribution is 2.20. The lowest BCUT2D eigenvalue weighted by Gasteiger charge is -2.12. The van der Waals surface area contributed by atoms with Crippen molar-refractivity contribution >= 4 is 5.97 Å². The van der Waals surface area contributed by atoms with Crippen molar-refractivity contribution < 1.29 is 9.90 Å². The highest BCUT2D eigenvalue weighted by Gasteiger charge is 2.16. The molecule has 0 saturated carbocycles. The van der Waals surface area contributed by atoms with E-state index in [1.807, 2.05) is 0 Å². The minimum absolute atomic E-state index is 0.0951. The number of rotatable bonds is 25. The molecule has 0 bridgehead atoms. The molecule has 0 aromatic carbocycles. The summed E-state index contributed by atoms with van der Waals surface area (Å²) in [6.45, 7) is 4.54. The van der Waals surface area contributed by atoms with Crippen LogP contribution in [0.3, 0.4) is 0 Å². The average molecular weight is 425 g/mol. The fourth-order valence-corrected chi connectivity index (χ4v) is 4.50. The van der Waals surface area contributed by atoms with Crippen molar-refractivity contribution in [2.75, 3.05) is 0 Å². The lowest BCUT2D eigenvalue weighted by molar-refractivity contribution is -0.142. The van der Waals surface area contributed by atoms with Gasteiger partial charge < -0.3 is 5.11 Å². The Balaban J connectivity index is 3.42. The average Bonchev–Trinajstić information content (AvgIpc) is 2.74. The summed E-state index contributed by atoms with van der Waals surface area (Å²) < 4.78 is 0. The zero-order valence-electron chi connectivity index (χ0n) is 20.9. The van der Waals surface area contributed by atoms with Crippen LogP contribution in [0.5, 0.6) is 0 Å². The number of unbranched alkanes of at least 4 members (excludes halogenated alkanes) is 20. The molecule has 2 heteroatoms. The molecule has 0 rings (SSSR count). The maximum atomic E-state index is 11.5. The van der Waals surface area contributed by atoms with Crippen LogP contribution in [0.4, 0.5) is 0 Å². The van der Waals surface area contributed by atoms with Crippen molar-refractivity contribution in [3.05, 3.63) is 0 Å². The first-order valence-corrected chi connectivity index (χ1v) is 13.9. The summed E-state index contributed by atoms with van der Waals surface area (Å²) in [5.74, 6) is -0.657. The summed E-state index contributed by atoms with van der Waals surface area (Å²) in [5.41, 5.74) is 0. The zero-order chi connectivity index (χ0) is 22.1. The topological polar surface area (TPSA) is 37.3 Å². The molecule has 0 amide bonds. The molecule has 0 spiro atoms. The highest BCUT2D eigenvalue weighted by molar-refractivity contribution is 5.69. The fourth-order valence-electron chi connectivity index (χ4n) is 4.50. The van der Waals surface area contributed by atoms with E-state index in [0.717, 1.165) is 25.7 Å². The van der Waals surface area contributed by atoms with E-state index >= 15 is 0 Å². The second kappa shape index (κ2) is 24.7. The van der Waals surface area contributed by atoms with E-state index in [1.165, 1.54) is 128 Å². The molecule has 0 fully saturated rings. The molecule has 2 nitrogen and oxygen atoms in total. The first-order valence-electron chi connectivity index (χ1n) is 13.9. The first-order chi connectivity index (χ1) is 14.7. The first kappa shape index (κ1) is 29.5. The molecule has 1 N–H and O–H groups in total. The van der Waals surface area contributed by atoms with Crippen LogP contribution in [0.15, 0.2) is 0 Å². The van der Waals surface area contributed by atoms with Crippen LogP contribution in [0.1, 0.15) is 168 Å². The summed E-state index contributed by atoms with van der Waals surface area (Å²) >= 11 is 0. The predicted molar refractivity (Wildman–Crippen MR) is 133 cm³/mol. The van der Waals surface area contributed by atoms with Crippen molar-refractivity contribution in [3.8, 4) is 0 Å². The molecule has 0 aliphatic heterocycles. The summed E-state index contributed by atoms with van der Waals surface area (Å²) in [5, 5.41) is 9.49. The van der Waals surface area contributed by atoms with E-state index in [1.54, 1.807) is 0 Å². The summed E-state index contributed by atoms with van der Waals surface area (Å²) in [6, 6.07) is 0. The third kappa shape index (κ3) is 22.2. The Morgan fingerprint density at radius 2 is 0.700 bits per heavy atom. The van der Waals surface area contributed by atoms with Crippen LogP contribution in [-0.2, 0) is 4.79 Å². The Morgan fingerprint density at radius 1 is 0.467 bits per heavy atom. The van der Waals surface area contributed by atoms with Crippen LogP contribution < -0.4 is 0 Å². The Kier molecular flexibility index (Phi) is 24.3. The number of carboxylic acids is 1. The number of carbonyl (C=O) groups is 1. The highest BCUT2D eigenvalue weighted by atomic mass is 16.4. The molecular formula is C28H56O2. The molecule has 1 unspecified atom stereocenters. The molecule has 0 aliphatic carbocycles. The smallest absolute Gasteiger partial charge is 0.306 e. The summed E-state index contributed by atoms with van der Waals surface area (Å²) in [6.07, 6.45) is 31.1. The largest absolute Gasteiger partial charge is 0.481 e. The number of hydrogen-bond donors (Lipinski definition) is 1.